The standard InChI is InChI=1S/C15H13IN2O3/c1-21-15(20)18-13-7-5-12(6-8-13)17-14(19)10-3-2-4-11(16)9-10/h2-9H,1H3,(H,17,19)(H,18,20). The molecule has 5 nitrogen and oxygen atoms in total. The zero-order chi connectivity index (χ0) is 15.2. The molecular formula is C15H13IN2O3. The third-order valence-corrected chi connectivity index (χ3v) is 3.33. The van der Waals surface area contributed by atoms with Gasteiger partial charge in [-0.25, -0.2) is 4.79 Å². The Morgan fingerprint density at radius 2 is 1.62 bits per heavy atom. The molecular weight excluding hydrogens is 383 g/mol. The molecule has 108 valence electrons. The Kier molecular flexibility index (Phi) is 5.15. The molecule has 2 N–H and O–H groups in total. The fourth-order valence-electron chi connectivity index (χ4n) is 1.64. The highest BCUT2D eigenvalue weighted by atomic mass is 127. The van der Waals surface area contributed by atoms with Crippen LogP contribution in [0, 0.1) is 3.57 Å². The van der Waals surface area contributed by atoms with Crippen LogP contribution in [-0.2, 0) is 4.74 Å². The number of carbonyl (C=O) groups excluding carboxylic acids is 2. The molecule has 0 aliphatic heterocycles. The molecule has 0 radical (unpaired) electrons. The van der Waals surface area contributed by atoms with Crippen molar-refractivity contribution in [1.82, 2.24) is 0 Å². The minimum Gasteiger partial charge on any atom is -0.453 e. The number of benzene rings is 2. The summed E-state index contributed by atoms with van der Waals surface area (Å²) in [5, 5.41) is 5.33. The number of amides is 2. The van der Waals surface area contributed by atoms with E-state index in [1.165, 1.54) is 7.11 Å². The SMILES string of the molecule is COC(=O)Nc1ccc(NC(=O)c2cccc(I)c2)cc1. The van der Waals surface area contributed by atoms with E-state index in [2.05, 4.69) is 38.0 Å². The molecule has 0 aliphatic rings. The first-order valence-corrected chi connectivity index (χ1v) is 7.18. The minimum atomic E-state index is -0.536. The van der Waals surface area contributed by atoms with Gasteiger partial charge in [0, 0.05) is 20.5 Å². The van der Waals surface area contributed by atoms with Crippen LogP contribution in [0.5, 0.6) is 0 Å². The maximum Gasteiger partial charge on any atom is 0.411 e. The molecule has 0 saturated carbocycles. The summed E-state index contributed by atoms with van der Waals surface area (Å²) in [6.07, 6.45) is -0.536. The molecule has 0 saturated heterocycles. The van der Waals surface area contributed by atoms with E-state index in [1.807, 2.05) is 18.2 Å². The quantitative estimate of drug-likeness (QED) is 0.778. The highest BCUT2D eigenvalue weighted by molar-refractivity contribution is 14.1. The summed E-state index contributed by atoms with van der Waals surface area (Å²) < 4.78 is 5.50. The van der Waals surface area contributed by atoms with Crippen molar-refractivity contribution in [1.29, 1.82) is 0 Å². The molecule has 2 aromatic rings. The first-order chi connectivity index (χ1) is 10.1. The fraction of sp³-hybridized carbons (Fsp3) is 0.0667. The molecule has 0 fully saturated rings. The van der Waals surface area contributed by atoms with Gasteiger partial charge in [-0.15, -0.1) is 0 Å². The number of halogens is 1. The van der Waals surface area contributed by atoms with Gasteiger partial charge in [0.25, 0.3) is 5.91 Å². The van der Waals surface area contributed by atoms with Crippen LogP contribution in [0.25, 0.3) is 0 Å². The van der Waals surface area contributed by atoms with Crippen molar-refractivity contribution < 1.29 is 14.3 Å². The van der Waals surface area contributed by atoms with Crippen molar-refractivity contribution in [3.05, 3.63) is 57.7 Å². The van der Waals surface area contributed by atoms with Crippen molar-refractivity contribution >= 4 is 46.0 Å². The molecule has 21 heavy (non-hydrogen) atoms. The lowest BCUT2D eigenvalue weighted by atomic mass is 10.2. The Morgan fingerprint density at radius 1 is 1.00 bits per heavy atom. The van der Waals surface area contributed by atoms with E-state index in [0.717, 1.165) is 3.57 Å². The van der Waals surface area contributed by atoms with Crippen molar-refractivity contribution in [2.75, 3.05) is 17.7 Å². The lowest BCUT2D eigenvalue weighted by Gasteiger charge is -2.07. The van der Waals surface area contributed by atoms with Crippen LogP contribution in [0.4, 0.5) is 16.2 Å². The van der Waals surface area contributed by atoms with Gasteiger partial charge in [0.2, 0.25) is 0 Å². The number of rotatable bonds is 3. The van der Waals surface area contributed by atoms with Gasteiger partial charge < -0.3 is 10.1 Å². The first-order valence-electron chi connectivity index (χ1n) is 6.10. The van der Waals surface area contributed by atoms with Crippen LogP contribution in [0.3, 0.4) is 0 Å². The summed E-state index contributed by atoms with van der Waals surface area (Å²) in [5.41, 5.74) is 1.84. The van der Waals surface area contributed by atoms with Crippen molar-refractivity contribution in [3.8, 4) is 0 Å². The molecule has 2 aromatic carbocycles. The molecule has 6 heteroatoms. The third kappa shape index (κ3) is 4.45. The van der Waals surface area contributed by atoms with Crippen molar-refractivity contribution in [2.45, 2.75) is 0 Å². The summed E-state index contributed by atoms with van der Waals surface area (Å²) >= 11 is 2.16. The second kappa shape index (κ2) is 7.07. The second-order valence-corrected chi connectivity index (χ2v) is 5.40. The van der Waals surface area contributed by atoms with Crippen LogP contribution in [0.2, 0.25) is 0 Å². The number of hydrogen-bond acceptors (Lipinski definition) is 3. The summed E-state index contributed by atoms with van der Waals surface area (Å²) in [6.45, 7) is 0. The predicted molar refractivity (Wildman–Crippen MR) is 89.6 cm³/mol. The molecule has 0 spiro atoms. The van der Waals surface area contributed by atoms with E-state index in [-0.39, 0.29) is 5.91 Å². The van der Waals surface area contributed by atoms with Crippen LogP contribution in [0.15, 0.2) is 48.5 Å². The lowest BCUT2D eigenvalue weighted by molar-refractivity contribution is 0.102. The van der Waals surface area contributed by atoms with Crippen molar-refractivity contribution in [2.24, 2.45) is 0 Å². The van der Waals surface area contributed by atoms with E-state index in [9.17, 15) is 9.59 Å². The molecule has 0 aliphatic carbocycles. The van der Waals surface area contributed by atoms with Gasteiger partial charge in [0.05, 0.1) is 7.11 Å². The summed E-state index contributed by atoms with van der Waals surface area (Å²) in [5.74, 6) is -0.179. The largest absolute Gasteiger partial charge is 0.453 e. The Balaban J connectivity index is 2.03. The van der Waals surface area contributed by atoms with E-state index < -0.39 is 6.09 Å². The molecule has 0 atom stereocenters. The monoisotopic (exact) mass is 396 g/mol. The topological polar surface area (TPSA) is 67.4 Å². The van der Waals surface area contributed by atoms with Crippen LogP contribution in [0.1, 0.15) is 10.4 Å². The maximum absolute atomic E-state index is 12.1. The Hall–Kier alpha value is -2.09. The number of carbonyl (C=O) groups is 2. The highest BCUT2D eigenvalue weighted by Gasteiger charge is 2.06. The van der Waals surface area contributed by atoms with Crippen LogP contribution < -0.4 is 10.6 Å². The Morgan fingerprint density at radius 3 is 2.19 bits per heavy atom. The lowest BCUT2D eigenvalue weighted by Crippen LogP contribution is -2.13. The smallest absolute Gasteiger partial charge is 0.411 e. The fourth-order valence-corrected chi connectivity index (χ4v) is 2.18. The molecule has 0 aromatic heterocycles. The molecule has 2 rings (SSSR count). The van der Waals surface area contributed by atoms with E-state index in [1.54, 1.807) is 30.3 Å². The van der Waals surface area contributed by atoms with Gasteiger partial charge in [0.15, 0.2) is 0 Å². The normalized spacial score (nSPS) is 9.81. The number of ether oxygens (including phenoxy) is 1. The molecule has 0 unspecified atom stereocenters. The van der Waals surface area contributed by atoms with Gasteiger partial charge in [-0.2, -0.15) is 0 Å². The van der Waals surface area contributed by atoms with Gasteiger partial charge in [-0.05, 0) is 65.1 Å². The summed E-state index contributed by atoms with van der Waals surface area (Å²) in [4.78, 5) is 23.1. The van der Waals surface area contributed by atoms with Gasteiger partial charge in [0.1, 0.15) is 0 Å². The Bertz CT molecular complexity index is 656. The summed E-state index contributed by atoms with van der Waals surface area (Å²) in [6, 6.07) is 14.1. The average Bonchev–Trinajstić information content (AvgIpc) is 2.49. The molecule has 0 bridgehead atoms. The van der Waals surface area contributed by atoms with E-state index in [0.29, 0.717) is 16.9 Å². The number of anilines is 2. The van der Waals surface area contributed by atoms with Crippen LogP contribution >= 0.6 is 22.6 Å². The summed E-state index contributed by atoms with van der Waals surface area (Å²) in [7, 11) is 1.30. The molecule has 2 amide bonds. The highest BCUT2D eigenvalue weighted by Crippen LogP contribution is 2.15. The van der Waals surface area contributed by atoms with Gasteiger partial charge >= 0.3 is 6.09 Å². The number of hydrogen-bond donors (Lipinski definition) is 2. The second-order valence-electron chi connectivity index (χ2n) is 4.16. The zero-order valence-electron chi connectivity index (χ0n) is 11.2. The average molecular weight is 396 g/mol. The van der Waals surface area contributed by atoms with Gasteiger partial charge in [-0.3, -0.25) is 10.1 Å². The number of nitrogens with one attached hydrogen (secondary N) is 2. The van der Waals surface area contributed by atoms with Gasteiger partial charge in [-0.1, -0.05) is 6.07 Å². The first kappa shape index (κ1) is 15.3. The van der Waals surface area contributed by atoms with Crippen LogP contribution in [-0.4, -0.2) is 19.1 Å². The van der Waals surface area contributed by atoms with Crippen molar-refractivity contribution in [3.63, 3.8) is 0 Å². The third-order valence-electron chi connectivity index (χ3n) is 2.66. The van der Waals surface area contributed by atoms with E-state index in [4.69, 9.17) is 0 Å². The predicted octanol–water partition coefficient (Wildman–Crippen LogP) is 3.72. The minimum absolute atomic E-state index is 0.179. The number of methoxy groups -OCH3 is 1. The molecule has 0 heterocycles. The Labute approximate surface area is 135 Å². The van der Waals surface area contributed by atoms with E-state index >= 15 is 0 Å². The maximum atomic E-state index is 12.1. The zero-order valence-corrected chi connectivity index (χ0v) is 13.4.